The van der Waals surface area contributed by atoms with E-state index in [0.29, 0.717) is 25.4 Å². The number of hydrogen-bond donors (Lipinski definition) is 0. The van der Waals surface area contributed by atoms with Gasteiger partial charge in [0, 0.05) is 37.9 Å². The van der Waals surface area contributed by atoms with Crippen LogP contribution in [0.5, 0.6) is 0 Å². The fraction of sp³-hybridized carbons (Fsp3) is 0.737. The first-order valence-corrected chi connectivity index (χ1v) is 9.44. The summed E-state index contributed by atoms with van der Waals surface area (Å²) < 4.78 is 12.1. The summed E-state index contributed by atoms with van der Waals surface area (Å²) in [5.41, 5.74) is 1.18. The van der Waals surface area contributed by atoms with E-state index < -0.39 is 0 Å². The van der Waals surface area contributed by atoms with E-state index in [2.05, 4.69) is 9.97 Å². The molecular weight excluding hydrogens is 318 g/mol. The van der Waals surface area contributed by atoms with Gasteiger partial charge in [-0.25, -0.2) is 4.98 Å². The van der Waals surface area contributed by atoms with E-state index in [-0.39, 0.29) is 17.4 Å². The molecule has 6 nitrogen and oxygen atoms in total. The lowest BCUT2D eigenvalue weighted by atomic mass is 9.73. The number of aromatic nitrogens is 2. The lowest BCUT2D eigenvalue weighted by Gasteiger charge is -2.50. The molecule has 0 aromatic carbocycles. The molecule has 1 aromatic rings. The van der Waals surface area contributed by atoms with E-state index in [0.717, 1.165) is 44.1 Å². The molecule has 6 heteroatoms. The summed E-state index contributed by atoms with van der Waals surface area (Å²) in [6.45, 7) is 5.65. The Hall–Kier alpha value is -1.53. The number of aryl methyl sites for hydroxylation is 1. The fourth-order valence-electron chi connectivity index (χ4n) is 4.05. The number of ether oxygens (including phenoxy) is 2. The highest BCUT2D eigenvalue weighted by Gasteiger charge is 2.47. The number of nitrogens with zero attached hydrogens (tertiary/aromatic N) is 3. The zero-order chi connectivity index (χ0) is 17.3. The number of carbonyl (C=O) groups is 1. The third kappa shape index (κ3) is 3.70. The molecule has 3 heterocycles. The van der Waals surface area contributed by atoms with Crippen LogP contribution in [0.3, 0.4) is 0 Å². The number of carbonyl (C=O) groups excluding carboxylic acids is 1. The first-order chi connectivity index (χ1) is 12.2. The highest BCUT2D eigenvalue weighted by molar-refractivity contribution is 5.92. The highest BCUT2D eigenvalue weighted by atomic mass is 16.5. The van der Waals surface area contributed by atoms with Crippen LogP contribution in [0.2, 0.25) is 0 Å². The first-order valence-electron chi connectivity index (χ1n) is 9.44. The molecule has 2 atom stereocenters. The van der Waals surface area contributed by atoms with Crippen molar-refractivity contribution in [1.82, 2.24) is 14.9 Å². The summed E-state index contributed by atoms with van der Waals surface area (Å²) in [5, 5.41) is 0. The third-order valence-electron chi connectivity index (χ3n) is 5.72. The summed E-state index contributed by atoms with van der Waals surface area (Å²) in [6, 6.07) is 0. The van der Waals surface area contributed by atoms with Crippen molar-refractivity contribution in [1.29, 1.82) is 0 Å². The van der Waals surface area contributed by atoms with Gasteiger partial charge in [-0.15, -0.1) is 0 Å². The molecule has 2 aliphatic heterocycles. The third-order valence-corrected chi connectivity index (χ3v) is 5.72. The van der Waals surface area contributed by atoms with E-state index in [1.54, 1.807) is 12.4 Å². The molecule has 0 unspecified atom stereocenters. The number of fused-ring (bicyclic) bond motifs is 1. The van der Waals surface area contributed by atoms with Crippen LogP contribution >= 0.6 is 0 Å². The van der Waals surface area contributed by atoms with E-state index in [1.165, 1.54) is 12.8 Å². The monoisotopic (exact) mass is 345 g/mol. The maximum Gasteiger partial charge on any atom is 0.274 e. The van der Waals surface area contributed by atoms with Crippen molar-refractivity contribution in [3.8, 4) is 0 Å². The minimum Gasteiger partial charge on any atom is -0.380 e. The van der Waals surface area contributed by atoms with Crippen molar-refractivity contribution in [2.24, 2.45) is 11.3 Å². The Kier molecular flexibility index (Phi) is 4.73. The summed E-state index contributed by atoms with van der Waals surface area (Å²) in [6.07, 6.45) is 9.00. The Balaban J connectivity index is 1.46. The van der Waals surface area contributed by atoms with Crippen molar-refractivity contribution in [3.63, 3.8) is 0 Å². The quantitative estimate of drug-likeness (QED) is 0.819. The van der Waals surface area contributed by atoms with Crippen molar-refractivity contribution in [3.05, 3.63) is 23.8 Å². The van der Waals surface area contributed by atoms with E-state index in [1.807, 2.05) is 11.8 Å². The second-order valence-corrected chi connectivity index (χ2v) is 7.84. The van der Waals surface area contributed by atoms with Crippen LogP contribution < -0.4 is 0 Å². The Morgan fingerprint density at radius 3 is 3.00 bits per heavy atom. The number of rotatable bonds is 5. The van der Waals surface area contributed by atoms with Crippen LogP contribution in [0.1, 0.15) is 48.3 Å². The topological polar surface area (TPSA) is 64.6 Å². The SMILES string of the molecule is Cc1cnc(C(=O)N2CC[C@@H]3OCCC[C@@]3(COCC3CC3)C2)cn1. The van der Waals surface area contributed by atoms with Gasteiger partial charge in [0.15, 0.2) is 0 Å². The molecule has 2 saturated heterocycles. The largest absolute Gasteiger partial charge is 0.380 e. The molecule has 1 aliphatic carbocycles. The molecule has 25 heavy (non-hydrogen) atoms. The number of hydrogen-bond acceptors (Lipinski definition) is 5. The van der Waals surface area contributed by atoms with Crippen LogP contribution in [-0.2, 0) is 9.47 Å². The fourth-order valence-corrected chi connectivity index (χ4v) is 4.05. The van der Waals surface area contributed by atoms with Gasteiger partial charge in [-0.3, -0.25) is 9.78 Å². The zero-order valence-corrected chi connectivity index (χ0v) is 14.9. The van der Waals surface area contributed by atoms with Crippen LogP contribution in [0.15, 0.2) is 12.4 Å². The van der Waals surface area contributed by atoms with E-state index in [4.69, 9.17) is 9.47 Å². The average Bonchev–Trinajstić information content (AvgIpc) is 3.45. The number of piperidine rings is 1. The summed E-state index contributed by atoms with van der Waals surface area (Å²) in [5.74, 6) is 0.724. The maximum absolute atomic E-state index is 12.9. The van der Waals surface area contributed by atoms with Gasteiger partial charge in [-0.1, -0.05) is 0 Å². The normalized spacial score (nSPS) is 29.3. The molecule has 4 rings (SSSR count). The van der Waals surface area contributed by atoms with Crippen LogP contribution in [0.25, 0.3) is 0 Å². The molecule has 0 bridgehead atoms. The van der Waals surface area contributed by atoms with Gasteiger partial charge in [0.1, 0.15) is 5.69 Å². The number of amides is 1. The summed E-state index contributed by atoms with van der Waals surface area (Å²) in [7, 11) is 0. The van der Waals surface area contributed by atoms with Crippen molar-refractivity contribution >= 4 is 5.91 Å². The van der Waals surface area contributed by atoms with Gasteiger partial charge >= 0.3 is 0 Å². The highest BCUT2D eigenvalue weighted by Crippen LogP contribution is 2.41. The van der Waals surface area contributed by atoms with Crippen molar-refractivity contribution in [2.45, 2.75) is 45.1 Å². The van der Waals surface area contributed by atoms with Crippen molar-refractivity contribution in [2.75, 3.05) is 32.9 Å². The Labute approximate surface area is 148 Å². The smallest absolute Gasteiger partial charge is 0.274 e. The van der Waals surface area contributed by atoms with Crippen molar-refractivity contribution < 1.29 is 14.3 Å². The minimum atomic E-state index is -0.0703. The molecular formula is C19H27N3O3. The molecule has 136 valence electrons. The van der Waals surface area contributed by atoms with Crippen LogP contribution in [-0.4, -0.2) is 59.8 Å². The maximum atomic E-state index is 12.9. The molecule has 0 radical (unpaired) electrons. The Morgan fingerprint density at radius 1 is 1.36 bits per heavy atom. The molecule has 1 aromatic heterocycles. The van der Waals surface area contributed by atoms with E-state index >= 15 is 0 Å². The van der Waals surface area contributed by atoms with Crippen LogP contribution in [0, 0.1) is 18.3 Å². The van der Waals surface area contributed by atoms with Crippen LogP contribution in [0.4, 0.5) is 0 Å². The lowest BCUT2D eigenvalue weighted by Crippen LogP contribution is -2.58. The van der Waals surface area contributed by atoms with E-state index in [9.17, 15) is 4.79 Å². The first kappa shape index (κ1) is 16.9. The molecule has 3 fully saturated rings. The minimum absolute atomic E-state index is 0.0295. The van der Waals surface area contributed by atoms with Gasteiger partial charge in [0.05, 0.1) is 24.6 Å². The lowest BCUT2D eigenvalue weighted by molar-refractivity contribution is -0.147. The summed E-state index contributed by atoms with van der Waals surface area (Å²) in [4.78, 5) is 23.3. The number of likely N-dealkylation sites (tertiary alicyclic amines) is 1. The molecule has 0 spiro atoms. The van der Waals surface area contributed by atoms with Gasteiger partial charge in [0.2, 0.25) is 0 Å². The molecule has 1 amide bonds. The Bertz CT molecular complexity index is 617. The van der Waals surface area contributed by atoms with Gasteiger partial charge in [0.25, 0.3) is 5.91 Å². The molecule has 3 aliphatic rings. The average molecular weight is 345 g/mol. The zero-order valence-electron chi connectivity index (χ0n) is 14.9. The summed E-state index contributed by atoms with van der Waals surface area (Å²) >= 11 is 0. The second kappa shape index (κ2) is 7.00. The predicted octanol–water partition coefficient (Wildman–Crippen LogP) is 2.22. The Morgan fingerprint density at radius 2 is 2.24 bits per heavy atom. The molecule has 1 saturated carbocycles. The molecule has 0 N–H and O–H groups in total. The van der Waals surface area contributed by atoms with Gasteiger partial charge in [-0.05, 0) is 44.9 Å². The second-order valence-electron chi connectivity index (χ2n) is 7.84. The standard InChI is InChI=1S/C19H27N3O3/c1-14-9-21-16(10-20-14)18(23)22-7-5-17-19(12-22,6-2-8-25-17)13-24-11-15-3-4-15/h9-10,15,17H,2-8,11-13H2,1H3/t17-,19-/m0/s1. The predicted molar refractivity (Wildman–Crippen MR) is 92.2 cm³/mol. The van der Waals surface area contributed by atoms with Gasteiger partial charge in [-0.2, -0.15) is 0 Å². The van der Waals surface area contributed by atoms with Gasteiger partial charge < -0.3 is 14.4 Å².